The molecule has 6 heteroatoms. The van der Waals surface area contributed by atoms with E-state index in [4.69, 9.17) is 4.74 Å². The fourth-order valence-corrected chi connectivity index (χ4v) is 2.83. The van der Waals surface area contributed by atoms with Crippen LogP contribution in [0.25, 0.3) is 0 Å². The lowest BCUT2D eigenvalue weighted by Gasteiger charge is -2.40. The highest BCUT2D eigenvalue weighted by atomic mass is 19.4. The van der Waals surface area contributed by atoms with Crippen molar-refractivity contribution < 1.29 is 17.9 Å². The summed E-state index contributed by atoms with van der Waals surface area (Å²) in [6.07, 6.45) is -2.84. The first-order chi connectivity index (χ1) is 9.72. The van der Waals surface area contributed by atoms with Crippen molar-refractivity contribution in [3.8, 4) is 0 Å². The highest BCUT2D eigenvalue weighted by Crippen LogP contribution is 2.29. The molecule has 0 amide bonds. The van der Waals surface area contributed by atoms with Crippen LogP contribution in [0.4, 0.5) is 13.2 Å². The molecule has 21 heavy (non-hydrogen) atoms. The molecule has 1 unspecified atom stereocenters. The number of alkyl halides is 3. The van der Waals surface area contributed by atoms with Gasteiger partial charge in [-0.3, -0.25) is 0 Å². The molecular formula is C15H29F3N2O. The highest BCUT2D eigenvalue weighted by Gasteiger charge is 2.35. The van der Waals surface area contributed by atoms with Crippen LogP contribution < -0.4 is 5.32 Å². The average Bonchev–Trinajstić information content (AvgIpc) is 2.36. The molecule has 1 atom stereocenters. The van der Waals surface area contributed by atoms with Gasteiger partial charge in [-0.15, -0.1) is 0 Å². The second-order valence-electron chi connectivity index (χ2n) is 6.78. The summed E-state index contributed by atoms with van der Waals surface area (Å²) >= 11 is 0. The van der Waals surface area contributed by atoms with Crippen LogP contribution in [0.2, 0.25) is 0 Å². The lowest BCUT2D eigenvalue weighted by Crippen LogP contribution is -2.49. The Bertz CT molecular complexity index is 289. The first kappa shape index (κ1) is 18.7. The van der Waals surface area contributed by atoms with Gasteiger partial charge in [-0.1, -0.05) is 13.8 Å². The fourth-order valence-electron chi connectivity index (χ4n) is 2.83. The Kier molecular flexibility index (Phi) is 7.44. The summed E-state index contributed by atoms with van der Waals surface area (Å²) in [4.78, 5) is 1.79. The van der Waals surface area contributed by atoms with Gasteiger partial charge in [0, 0.05) is 31.7 Å². The van der Waals surface area contributed by atoms with Crippen LogP contribution in [0.1, 0.15) is 33.1 Å². The smallest absolute Gasteiger partial charge is 0.381 e. The minimum Gasteiger partial charge on any atom is -0.381 e. The van der Waals surface area contributed by atoms with Crippen LogP contribution in [0.15, 0.2) is 0 Å². The molecule has 0 aromatic heterocycles. The van der Waals surface area contributed by atoms with Crippen LogP contribution in [-0.2, 0) is 4.74 Å². The number of ether oxygens (including phenoxy) is 1. The third-order valence-corrected chi connectivity index (χ3v) is 3.84. The van der Waals surface area contributed by atoms with E-state index in [1.807, 2.05) is 0 Å². The van der Waals surface area contributed by atoms with E-state index in [1.165, 1.54) is 0 Å². The van der Waals surface area contributed by atoms with Crippen molar-refractivity contribution in [2.24, 2.45) is 11.3 Å². The zero-order valence-corrected chi connectivity index (χ0v) is 13.4. The van der Waals surface area contributed by atoms with Gasteiger partial charge in [-0.2, -0.15) is 13.2 Å². The van der Waals surface area contributed by atoms with Gasteiger partial charge >= 0.3 is 6.18 Å². The minimum atomic E-state index is -4.08. The highest BCUT2D eigenvalue weighted by molar-refractivity contribution is 4.87. The summed E-state index contributed by atoms with van der Waals surface area (Å²) in [7, 11) is 1.77. The number of nitrogens with zero attached hydrogens (tertiary/aromatic N) is 1. The lowest BCUT2D eigenvalue weighted by atomic mass is 9.81. The standard InChI is InChI=1S/C15H29F3N2O/c1-13(2)9-19-10-14(5-4-8-21-12-14)11-20(3)7-6-15(16,17)18/h13,19H,4-12H2,1-3H3. The molecule has 1 saturated heterocycles. The summed E-state index contributed by atoms with van der Waals surface area (Å²) in [6, 6.07) is 0. The van der Waals surface area contributed by atoms with Crippen molar-refractivity contribution in [2.45, 2.75) is 39.3 Å². The second-order valence-corrected chi connectivity index (χ2v) is 6.78. The maximum absolute atomic E-state index is 12.3. The molecular weight excluding hydrogens is 281 g/mol. The summed E-state index contributed by atoms with van der Waals surface area (Å²) < 4.78 is 42.6. The molecule has 0 aromatic carbocycles. The largest absolute Gasteiger partial charge is 0.390 e. The monoisotopic (exact) mass is 310 g/mol. The Balaban J connectivity index is 2.48. The van der Waals surface area contributed by atoms with Gasteiger partial charge in [0.2, 0.25) is 0 Å². The predicted molar refractivity (Wildman–Crippen MR) is 78.4 cm³/mol. The van der Waals surface area contributed by atoms with Gasteiger partial charge in [-0.05, 0) is 32.4 Å². The number of halogens is 3. The van der Waals surface area contributed by atoms with E-state index < -0.39 is 12.6 Å². The molecule has 0 aromatic rings. The Hall–Kier alpha value is -0.330. The molecule has 1 fully saturated rings. The first-order valence-corrected chi connectivity index (χ1v) is 7.76. The number of nitrogens with one attached hydrogen (secondary N) is 1. The molecule has 126 valence electrons. The Morgan fingerprint density at radius 2 is 2.05 bits per heavy atom. The van der Waals surface area contributed by atoms with E-state index in [0.717, 1.165) is 32.5 Å². The van der Waals surface area contributed by atoms with Crippen LogP contribution in [0.5, 0.6) is 0 Å². The van der Waals surface area contributed by atoms with E-state index in [9.17, 15) is 13.2 Å². The van der Waals surface area contributed by atoms with Crippen molar-refractivity contribution in [1.29, 1.82) is 0 Å². The van der Waals surface area contributed by atoms with E-state index in [1.54, 1.807) is 11.9 Å². The third kappa shape index (κ3) is 8.02. The summed E-state index contributed by atoms with van der Waals surface area (Å²) in [5.41, 5.74) is -0.0620. The SMILES string of the molecule is CC(C)CNCC1(CN(C)CCC(F)(F)F)CCCOC1. The van der Waals surface area contributed by atoms with Gasteiger partial charge in [0.15, 0.2) is 0 Å². The van der Waals surface area contributed by atoms with E-state index >= 15 is 0 Å². The predicted octanol–water partition coefficient (Wildman–Crippen LogP) is 2.91. The molecule has 0 saturated carbocycles. The van der Waals surface area contributed by atoms with E-state index in [2.05, 4.69) is 19.2 Å². The summed E-state index contributed by atoms with van der Waals surface area (Å²) in [5.74, 6) is 0.564. The second kappa shape index (κ2) is 8.34. The van der Waals surface area contributed by atoms with Crippen molar-refractivity contribution in [3.63, 3.8) is 0 Å². The van der Waals surface area contributed by atoms with Gasteiger partial charge in [0.1, 0.15) is 0 Å². The number of hydrogen-bond acceptors (Lipinski definition) is 3. The maximum Gasteiger partial charge on any atom is 0.390 e. The molecule has 1 aliphatic heterocycles. The first-order valence-electron chi connectivity index (χ1n) is 7.76. The van der Waals surface area contributed by atoms with Crippen LogP contribution >= 0.6 is 0 Å². The van der Waals surface area contributed by atoms with Gasteiger partial charge in [0.25, 0.3) is 0 Å². The summed E-state index contributed by atoms with van der Waals surface area (Å²) in [5, 5.41) is 3.44. The Morgan fingerprint density at radius 3 is 2.57 bits per heavy atom. The zero-order valence-electron chi connectivity index (χ0n) is 13.4. The molecule has 0 radical (unpaired) electrons. The van der Waals surface area contributed by atoms with Crippen LogP contribution in [0, 0.1) is 11.3 Å². The molecule has 1 rings (SSSR count). The molecule has 0 aliphatic carbocycles. The number of hydrogen-bond donors (Lipinski definition) is 1. The van der Waals surface area contributed by atoms with Crippen molar-refractivity contribution in [1.82, 2.24) is 10.2 Å². The van der Waals surface area contributed by atoms with Gasteiger partial charge in [0.05, 0.1) is 13.0 Å². The van der Waals surface area contributed by atoms with Crippen molar-refractivity contribution in [2.75, 3.05) is 46.4 Å². The average molecular weight is 310 g/mol. The van der Waals surface area contributed by atoms with Crippen molar-refractivity contribution in [3.05, 3.63) is 0 Å². The molecule has 0 spiro atoms. The molecule has 1 N–H and O–H groups in total. The Labute approximate surface area is 126 Å². The molecule has 0 bridgehead atoms. The van der Waals surface area contributed by atoms with Crippen molar-refractivity contribution >= 4 is 0 Å². The van der Waals surface area contributed by atoms with Gasteiger partial charge < -0.3 is 15.0 Å². The molecule has 3 nitrogen and oxygen atoms in total. The maximum atomic E-state index is 12.3. The molecule has 1 aliphatic rings. The quantitative estimate of drug-likeness (QED) is 0.746. The molecule has 1 heterocycles. The fraction of sp³-hybridized carbons (Fsp3) is 1.00. The lowest BCUT2D eigenvalue weighted by molar-refractivity contribution is -0.138. The zero-order chi connectivity index (χ0) is 15.9. The third-order valence-electron chi connectivity index (χ3n) is 3.84. The Morgan fingerprint density at radius 1 is 1.33 bits per heavy atom. The van der Waals surface area contributed by atoms with E-state index in [0.29, 0.717) is 19.1 Å². The normalized spacial score (nSPS) is 24.0. The van der Waals surface area contributed by atoms with Crippen LogP contribution in [-0.4, -0.2) is 57.5 Å². The minimum absolute atomic E-state index is 0.0510. The topological polar surface area (TPSA) is 24.5 Å². The number of rotatable bonds is 8. The van der Waals surface area contributed by atoms with E-state index in [-0.39, 0.29) is 12.0 Å². The van der Waals surface area contributed by atoms with Gasteiger partial charge in [-0.25, -0.2) is 0 Å². The van der Waals surface area contributed by atoms with Crippen LogP contribution in [0.3, 0.4) is 0 Å². The summed E-state index contributed by atoms with van der Waals surface area (Å²) in [6.45, 7) is 8.12.